The molecule has 2 aliphatic heterocycles. The molecular weight excluding hydrogens is 660 g/mol. The quantitative estimate of drug-likeness (QED) is 0.0960. The lowest BCUT2D eigenvalue weighted by Gasteiger charge is -2.46. The van der Waals surface area contributed by atoms with Crippen LogP contribution in [0.1, 0.15) is 12.1 Å². The SMILES string of the molecule is OCC1O[C@@H](SC2O[C@H](CO)C(O)C(n3cc(-c4ncc(F)cn4)nn3)[C@H]2O)C(O)[C@@H](n2cc(-c3cc(F)c(F)c(F)c3)nn2)[C@H]1O. The molecule has 0 saturated carbocycles. The number of hydrogen-bond donors (Lipinski definition) is 6. The molecule has 6 rings (SSSR count). The van der Waals surface area contributed by atoms with Gasteiger partial charge in [-0.25, -0.2) is 36.9 Å². The fraction of sp³-hybridized carbons (Fsp3) is 0.462. The van der Waals surface area contributed by atoms with Crippen molar-refractivity contribution in [2.45, 2.75) is 59.6 Å². The number of aliphatic hydroxyl groups excluding tert-OH is 6. The molecule has 1 aromatic carbocycles. The van der Waals surface area contributed by atoms with Crippen LogP contribution in [0.15, 0.2) is 36.9 Å². The summed E-state index contributed by atoms with van der Waals surface area (Å²) in [5, 5.41) is 79.9. The first-order valence-electron chi connectivity index (χ1n) is 13.9. The Bertz CT molecular complexity index is 1680. The molecule has 4 aromatic rings. The number of halogens is 4. The lowest BCUT2D eigenvalue weighted by atomic mass is 9.97. The van der Waals surface area contributed by atoms with Crippen LogP contribution < -0.4 is 0 Å². The Morgan fingerprint density at radius 3 is 1.66 bits per heavy atom. The average molecular weight is 687 g/mol. The van der Waals surface area contributed by atoms with E-state index in [-0.39, 0.29) is 22.8 Å². The first-order valence-corrected chi connectivity index (χ1v) is 14.8. The molecule has 0 aliphatic carbocycles. The molecule has 0 spiro atoms. The van der Waals surface area contributed by atoms with Gasteiger partial charge in [-0.05, 0) is 12.1 Å². The maximum absolute atomic E-state index is 13.8. The number of rotatable bonds is 8. The van der Waals surface area contributed by atoms with Gasteiger partial charge in [0.2, 0.25) is 0 Å². The Kier molecular flexibility index (Phi) is 9.51. The zero-order valence-electron chi connectivity index (χ0n) is 23.6. The number of aliphatic hydroxyl groups is 6. The van der Waals surface area contributed by atoms with Gasteiger partial charge in [0.15, 0.2) is 29.1 Å². The molecule has 2 aliphatic rings. The van der Waals surface area contributed by atoms with Gasteiger partial charge >= 0.3 is 0 Å². The molecule has 6 N–H and O–H groups in total. The van der Waals surface area contributed by atoms with E-state index in [1.807, 2.05) is 0 Å². The molecule has 21 heteroatoms. The van der Waals surface area contributed by atoms with E-state index in [0.29, 0.717) is 23.9 Å². The smallest absolute Gasteiger partial charge is 0.194 e. The minimum atomic E-state index is -1.68. The third-order valence-electron chi connectivity index (χ3n) is 7.73. The van der Waals surface area contributed by atoms with Gasteiger partial charge in [-0.3, -0.25) is 0 Å². The molecule has 0 bridgehead atoms. The first kappa shape index (κ1) is 33.2. The van der Waals surface area contributed by atoms with Crippen LogP contribution >= 0.6 is 11.8 Å². The van der Waals surface area contributed by atoms with E-state index >= 15 is 0 Å². The van der Waals surface area contributed by atoms with Gasteiger partial charge in [0.25, 0.3) is 0 Å². The summed E-state index contributed by atoms with van der Waals surface area (Å²) in [6.07, 6.45) is -4.73. The maximum atomic E-state index is 13.8. The minimum absolute atomic E-state index is 0.00246. The van der Waals surface area contributed by atoms with Gasteiger partial charge in [-0.15, -0.1) is 10.2 Å². The highest BCUT2D eigenvalue weighted by atomic mass is 32.2. The highest BCUT2D eigenvalue weighted by molar-refractivity contribution is 8.00. The Balaban J connectivity index is 1.25. The summed E-state index contributed by atoms with van der Waals surface area (Å²) in [5.41, 5.74) is -2.93. The molecule has 0 radical (unpaired) electrons. The highest BCUT2D eigenvalue weighted by Crippen LogP contribution is 2.42. The number of thioether (sulfide) groups is 1. The van der Waals surface area contributed by atoms with Crippen molar-refractivity contribution < 1.29 is 57.7 Å². The van der Waals surface area contributed by atoms with Crippen molar-refractivity contribution >= 4 is 11.8 Å². The summed E-state index contributed by atoms with van der Waals surface area (Å²) >= 11 is 0.691. The van der Waals surface area contributed by atoms with Crippen molar-refractivity contribution in [3.05, 3.63) is 60.2 Å². The van der Waals surface area contributed by atoms with Crippen molar-refractivity contribution in [2.75, 3.05) is 13.2 Å². The lowest BCUT2D eigenvalue weighted by Crippen LogP contribution is -2.58. The largest absolute Gasteiger partial charge is 0.394 e. The number of benzene rings is 1. The van der Waals surface area contributed by atoms with Crippen LogP contribution in [0.3, 0.4) is 0 Å². The van der Waals surface area contributed by atoms with Crippen LogP contribution in [-0.2, 0) is 9.47 Å². The number of aromatic nitrogens is 8. The van der Waals surface area contributed by atoms with E-state index in [0.717, 1.165) is 28.0 Å². The predicted molar refractivity (Wildman–Crippen MR) is 148 cm³/mol. The minimum Gasteiger partial charge on any atom is -0.394 e. The van der Waals surface area contributed by atoms with E-state index in [2.05, 4.69) is 30.6 Å². The molecular formula is C26H26F4N8O8S. The van der Waals surface area contributed by atoms with Crippen molar-refractivity contribution in [3.63, 3.8) is 0 Å². The maximum Gasteiger partial charge on any atom is 0.194 e. The van der Waals surface area contributed by atoms with Crippen LogP contribution in [0.25, 0.3) is 22.8 Å². The van der Waals surface area contributed by atoms with Crippen LogP contribution in [0.2, 0.25) is 0 Å². The van der Waals surface area contributed by atoms with Gasteiger partial charge in [0.1, 0.15) is 71.0 Å². The average Bonchev–Trinajstić information content (AvgIpc) is 3.74. The summed E-state index contributed by atoms with van der Waals surface area (Å²) < 4.78 is 67.9. The van der Waals surface area contributed by atoms with E-state index in [1.165, 1.54) is 6.20 Å². The van der Waals surface area contributed by atoms with Crippen LogP contribution in [0, 0.1) is 23.3 Å². The van der Waals surface area contributed by atoms with Crippen molar-refractivity contribution in [1.82, 2.24) is 40.0 Å². The van der Waals surface area contributed by atoms with Gasteiger partial charge in [-0.1, -0.05) is 22.2 Å². The summed E-state index contributed by atoms with van der Waals surface area (Å²) in [6, 6.07) is -1.29. The molecule has 5 unspecified atom stereocenters. The third-order valence-corrected chi connectivity index (χ3v) is 9.04. The fourth-order valence-corrected chi connectivity index (χ4v) is 6.67. The monoisotopic (exact) mass is 686 g/mol. The summed E-state index contributed by atoms with van der Waals surface area (Å²) in [7, 11) is 0. The second-order valence-electron chi connectivity index (χ2n) is 10.7. The standard InChI is InChI=1S/C26H26F4N8O8S/c27-10-3-31-24(32-4-10)14-6-38(36-34-14)19-21(42)16(8-40)46-26(23(19)44)47-25-22(43)18(20(41)15(7-39)45-25)37-5-13(33-35-37)9-1-11(28)17(30)12(29)2-9/h1-6,15-16,18-23,25-26,39-44H,7-8H2/t15?,16-,18+,19?,20+,21?,22?,23-,25+,26?/m1/s1. The van der Waals surface area contributed by atoms with Gasteiger partial charge in [0, 0.05) is 5.56 Å². The van der Waals surface area contributed by atoms with Gasteiger partial charge < -0.3 is 40.1 Å². The van der Waals surface area contributed by atoms with E-state index < -0.39 is 96.1 Å². The molecule has 16 nitrogen and oxygen atoms in total. The molecule has 5 heterocycles. The first-order chi connectivity index (χ1) is 22.5. The molecule has 2 fully saturated rings. The van der Waals surface area contributed by atoms with Crippen molar-refractivity contribution in [3.8, 4) is 22.8 Å². The Labute approximate surface area is 265 Å². The molecule has 252 valence electrons. The summed E-state index contributed by atoms with van der Waals surface area (Å²) in [6.45, 7) is -1.44. The fourth-order valence-electron chi connectivity index (χ4n) is 5.35. The predicted octanol–water partition coefficient (Wildman–Crippen LogP) is -1.06. The van der Waals surface area contributed by atoms with E-state index in [4.69, 9.17) is 9.47 Å². The third kappa shape index (κ3) is 6.33. The Morgan fingerprint density at radius 2 is 1.17 bits per heavy atom. The molecule has 10 atom stereocenters. The number of ether oxygens (including phenoxy) is 2. The van der Waals surface area contributed by atoms with Gasteiger partial charge in [0.05, 0.1) is 38.0 Å². The summed E-state index contributed by atoms with van der Waals surface area (Å²) in [4.78, 5) is 7.64. The topological polar surface area (TPSA) is 227 Å². The highest BCUT2D eigenvalue weighted by Gasteiger charge is 2.51. The lowest BCUT2D eigenvalue weighted by molar-refractivity contribution is -0.189. The van der Waals surface area contributed by atoms with E-state index in [1.54, 1.807) is 0 Å². The number of nitrogens with zero attached hydrogens (tertiary/aromatic N) is 8. The Morgan fingerprint density at radius 1 is 0.702 bits per heavy atom. The second kappa shape index (κ2) is 13.4. The molecule has 47 heavy (non-hydrogen) atoms. The van der Waals surface area contributed by atoms with Crippen molar-refractivity contribution in [2.24, 2.45) is 0 Å². The zero-order valence-corrected chi connectivity index (χ0v) is 24.5. The van der Waals surface area contributed by atoms with Crippen molar-refractivity contribution in [1.29, 1.82) is 0 Å². The summed E-state index contributed by atoms with van der Waals surface area (Å²) in [5.74, 6) is -5.31. The Hall–Kier alpha value is -3.67. The second-order valence-corrected chi connectivity index (χ2v) is 11.9. The van der Waals surface area contributed by atoms with E-state index in [9.17, 15) is 48.2 Å². The molecule has 0 amide bonds. The van der Waals surface area contributed by atoms with Crippen LogP contribution in [-0.4, -0.2) is 131 Å². The normalized spacial score (nSPS) is 31.3. The van der Waals surface area contributed by atoms with Gasteiger partial charge in [-0.2, -0.15) is 0 Å². The zero-order chi connectivity index (χ0) is 33.6. The molecule has 3 aromatic heterocycles. The van der Waals surface area contributed by atoms with Crippen LogP contribution in [0.5, 0.6) is 0 Å². The number of hydrogen-bond acceptors (Lipinski definition) is 15. The molecule has 2 saturated heterocycles. The van der Waals surface area contributed by atoms with Crippen LogP contribution in [0.4, 0.5) is 17.6 Å².